The molecule has 58 heavy (non-hydrogen) atoms. The first-order valence-corrected chi connectivity index (χ1v) is 23.1. The number of nitrogens with zero attached hydrogens (tertiary/aromatic N) is 1. The highest BCUT2D eigenvalue weighted by Crippen LogP contribution is 2.43. The van der Waals surface area contributed by atoms with Gasteiger partial charge in [0.05, 0.1) is 27.7 Å². The number of hydrogen-bond donors (Lipinski definition) is 1. The molecule has 0 bridgehead atoms. The maximum absolute atomic E-state index is 12.7. The molecule has 0 rings (SSSR count). The molecule has 0 heterocycles. The normalized spacial score (nSPS) is 14.7. The number of carbonyl (C=O) groups excluding carboxylic acids is 2. The third kappa shape index (κ3) is 42.3. The molecule has 0 amide bonds. The largest absolute Gasteiger partial charge is 0.472 e. The summed E-state index contributed by atoms with van der Waals surface area (Å²) in [6.45, 7) is 4.11. The van der Waals surface area contributed by atoms with E-state index in [4.69, 9.17) is 18.5 Å². The molecule has 10 heteroatoms. The number of phosphoric acid groups is 1. The molecule has 0 aliphatic heterocycles. The highest BCUT2D eigenvalue weighted by molar-refractivity contribution is 7.47. The number of quaternary nitrogens is 1. The molecule has 1 N–H and O–H groups in total. The summed E-state index contributed by atoms with van der Waals surface area (Å²) in [6.07, 6.45) is 53.0. The summed E-state index contributed by atoms with van der Waals surface area (Å²) >= 11 is 0. The van der Waals surface area contributed by atoms with Crippen LogP contribution < -0.4 is 0 Å². The van der Waals surface area contributed by atoms with Crippen molar-refractivity contribution in [3.05, 3.63) is 109 Å². The first-order valence-electron chi connectivity index (χ1n) is 21.6. The predicted molar refractivity (Wildman–Crippen MR) is 242 cm³/mol. The maximum Gasteiger partial charge on any atom is 0.472 e. The fourth-order valence-electron chi connectivity index (χ4n) is 4.93. The Morgan fingerprint density at radius 2 is 1.00 bits per heavy atom. The summed E-state index contributed by atoms with van der Waals surface area (Å²) in [5, 5.41) is 0. The number of unbranched alkanes of at least 4 members (excludes halogenated alkanes) is 5. The van der Waals surface area contributed by atoms with Crippen LogP contribution in [0.25, 0.3) is 0 Å². The summed E-state index contributed by atoms with van der Waals surface area (Å²) in [5.74, 6) is -0.955. The Kier molecular flexibility index (Phi) is 36.9. The smallest absolute Gasteiger partial charge is 0.462 e. The van der Waals surface area contributed by atoms with Gasteiger partial charge in [-0.2, -0.15) is 0 Å². The van der Waals surface area contributed by atoms with Crippen molar-refractivity contribution in [2.75, 3.05) is 47.5 Å². The van der Waals surface area contributed by atoms with Crippen molar-refractivity contribution in [2.45, 2.75) is 136 Å². The number of rotatable bonds is 37. The van der Waals surface area contributed by atoms with Gasteiger partial charge in [-0.15, -0.1) is 0 Å². The first kappa shape index (κ1) is 54.7. The highest BCUT2D eigenvalue weighted by Gasteiger charge is 2.27. The van der Waals surface area contributed by atoms with Crippen LogP contribution in [-0.2, 0) is 32.7 Å². The van der Waals surface area contributed by atoms with Crippen LogP contribution in [0, 0.1) is 0 Å². The average molecular weight is 829 g/mol. The molecule has 0 aromatic carbocycles. The Bertz CT molecular complexity index is 1350. The van der Waals surface area contributed by atoms with Gasteiger partial charge in [0.25, 0.3) is 0 Å². The third-order valence-corrected chi connectivity index (χ3v) is 9.28. The minimum atomic E-state index is -4.41. The zero-order valence-corrected chi connectivity index (χ0v) is 37.6. The van der Waals surface area contributed by atoms with Crippen LogP contribution >= 0.6 is 7.82 Å². The van der Waals surface area contributed by atoms with Crippen molar-refractivity contribution in [1.29, 1.82) is 0 Å². The van der Waals surface area contributed by atoms with Crippen molar-refractivity contribution in [2.24, 2.45) is 0 Å². The molecule has 1 unspecified atom stereocenters. The summed E-state index contributed by atoms with van der Waals surface area (Å²) in [4.78, 5) is 35.3. The number of esters is 2. The van der Waals surface area contributed by atoms with Crippen molar-refractivity contribution in [1.82, 2.24) is 0 Å². The van der Waals surface area contributed by atoms with Crippen molar-refractivity contribution < 1.29 is 42.1 Å². The topological polar surface area (TPSA) is 108 Å². The van der Waals surface area contributed by atoms with Gasteiger partial charge in [-0.25, -0.2) is 4.57 Å². The second-order valence-electron chi connectivity index (χ2n) is 15.0. The van der Waals surface area contributed by atoms with Crippen LogP contribution in [-0.4, -0.2) is 74.9 Å². The van der Waals surface area contributed by atoms with Crippen LogP contribution in [0.2, 0.25) is 0 Å². The van der Waals surface area contributed by atoms with E-state index in [0.717, 1.165) is 70.6 Å². The fraction of sp³-hybridized carbons (Fsp3) is 0.583. The van der Waals surface area contributed by atoms with E-state index in [9.17, 15) is 19.0 Å². The highest BCUT2D eigenvalue weighted by atomic mass is 31.2. The maximum atomic E-state index is 12.7. The minimum Gasteiger partial charge on any atom is -0.462 e. The molecule has 0 aromatic heterocycles. The van der Waals surface area contributed by atoms with Crippen LogP contribution in [0.3, 0.4) is 0 Å². The number of allylic oxidation sites excluding steroid dienone is 18. The van der Waals surface area contributed by atoms with Gasteiger partial charge in [-0.05, 0) is 89.9 Å². The molecule has 0 fully saturated rings. The van der Waals surface area contributed by atoms with E-state index in [1.807, 2.05) is 33.3 Å². The molecular weight excluding hydrogens is 750 g/mol. The Hall–Kier alpha value is -3.33. The van der Waals surface area contributed by atoms with Gasteiger partial charge in [0.15, 0.2) is 6.10 Å². The monoisotopic (exact) mass is 829 g/mol. The fourth-order valence-corrected chi connectivity index (χ4v) is 5.67. The van der Waals surface area contributed by atoms with Gasteiger partial charge in [-0.3, -0.25) is 18.6 Å². The zero-order valence-electron chi connectivity index (χ0n) is 36.7. The molecule has 9 nitrogen and oxygen atoms in total. The van der Waals surface area contributed by atoms with E-state index in [-0.39, 0.29) is 26.1 Å². The van der Waals surface area contributed by atoms with E-state index >= 15 is 0 Å². The molecule has 0 aromatic rings. The van der Waals surface area contributed by atoms with Gasteiger partial charge in [-0.1, -0.05) is 136 Å². The van der Waals surface area contributed by atoms with E-state index in [1.54, 1.807) is 0 Å². The van der Waals surface area contributed by atoms with E-state index in [0.29, 0.717) is 23.9 Å². The number of carbonyl (C=O) groups is 2. The van der Waals surface area contributed by atoms with Gasteiger partial charge >= 0.3 is 19.8 Å². The Balaban J connectivity index is 4.60. The third-order valence-electron chi connectivity index (χ3n) is 8.30. The molecule has 0 spiro atoms. The summed E-state index contributed by atoms with van der Waals surface area (Å²) in [7, 11) is 1.39. The summed E-state index contributed by atoms with van der Waals surface area (Å²) in [5.41, 5.74) is 0. The van der Waals surface area contributed by atoms with Gasteiger partial charge in [0.1, 0.15) is 19.8 Å². The van der Waals surface area contributed by atoms with Gasteiger partial charge in [0, 0.05) is 12.8 Å². The molecule has 0 aliphatic rings. The van der Waals surface area contributed by atoms with Crippen molar-refractivity contribution in [3.63, 3.8) is 0 Å². The standard InChI is InChI=1S/C48H78NO8P/c1-6-8-10-12-14-16-18-20-22-23-24-25-27-29-31-33-35-37-39-41-48(51)57-46(45-56-58(52,53)55-43-42-49(3,4)5)44-54-47(50)40-38-36-34-32-30-28-26-21-19-17-15-13-11-9-7-2/h8,10,14-17,20-22,24-26,29-32,35,37,46H,6-7,9,11-13,18-19,23,27-28,33-34,36,38-45H2,1-5H3/p+1/b10-8+,16-14+,17-15+,22-20+,25-24+,26-21+,31-29+,32-30+,37-35+/t46-/m1/s1. The predicted octanol–water partition coefficient (Wildman–Crippen LogP) is 12.3. The SMILES string of the molecule is CC/C=C/C/C=C/C/C=C/C/C=C/C/C=C/C/C=C/CCC(=O)O[C@H](COC(=O)CCCC/C=C/C/C=C/C/C=C/CCCCC)COP(=O)(O)OCC[N+](C)(C)C. The lowest BCUT2D eigenvalue weighted by Crippen LogP contribution is -2.37. The first-order chi connectivity index (χ1) is 28.0. The second-order valence-corrected chi connectivity index (χ2v) is 16.4. The Labute approximate surface area is 353 Å². The van der Waals surface area contributed by atoms with E-state index < -0.39 is 32.5 Å². The Morgan fingerprint density at radius 1 is 0.552 bits per heavy atom. The van der Waals surface area contributed by atoms with Crippen molar-refractivity contribution >= 4 is 19.8 Å². The van der Waals surface area contributed by atoms with Crippen LogP contribution in [0.5, 0.6) is 0 Å². The lowest BCUT2D eigenvalue weighted by molar-refractivity contribution is -0.870. The van der Waals surface area contributed by atoms with E-state index in [1.165, 1.54) is 19.3 Å². The molecule has 0 saturated heterocycles. The summed E-state index contributed by atoms with van der Waals surface area (Å²) < 4.78 is 34.1. The van der Waals surface area contributed by atoms with E-state index in [2.05, 4.69) is 111 Å². The molecule has 0 aliphatic carbocycles. The molecule has 0 radical (unpaired) electrons. The molecule has 0 saturated carbocycles. The molecule has 328 valence electrons. The number of likely N-dealkylation sites (N-methyl/N-ethyl adjacent to an activating group) is 1. The number of phosphoric ester groups is 1. The van der Waals surface area contributed by atoms with Gasteiger partial charge < -0.3 is 18.9 Å². The Morgan fingerprint density at radius 3 is 1.47 bits per heavy atom. The lowest BCUT2D eigenvalue weighted by Gasteiger charge is -2.24. The van der Waals surface area contributed by atoms with Crippen LogP contribution in [0.4, 0.5) is 0 Å². The van der Waals surface area contributed by atoms with Crippen LogP contribution in [0.15, 0.2) is 109 Å². The average Bonchev–Trinajstić information content (AvgIpc) is 3.17. The molecular formula is C48H79NO8P+. The summed E-state index contributed by atoms with van der Waals surface area (Å²) in [6, 6.07) is 0. The number of ether oxygens (including phenoxy) is 2. The quantitative estimate of drug-likeness (QED) is 0.0217. The molecule has 2 atom stereocenters. The van der Waals surface area contributed by atoms with Crippen molar-refractivity contribution in [3.8, 4) is 0 Å². The number of hydrogen-bond acceptors (Lipinski definition) is 7. The zero-order chi connectivity index (χ0) is 42.8. The second kappa shape index (κ2) is 39.1. The lowest BCUT2D eigenvalue weighted by atomic mass is 10.1. The van der Waals surface area contributed by atoms with Gasteiger partial charge in [0.2, 0.25) is 0 Å². The van der Waals surface area contributed by atoms with Crippen LogP contribution in [0.1, 0.15) is 129 Å². The minimum absolute atomic E-state index is 0.00537.